The Morgan fingerprint density at radius 2 is 1.80 bits per heavy atom. The molecule has 5 rings (SSSR count). The number of benzene rings is 2. The molecule has 0 amide bonds. The largest absolute Gasteiger partial charge is 0.487 e. The Morgan fingerprint density at radius 3 is 2.48 bits per heavy atom. The van der Waals surface area contributed by atoms with Crippen molar-refractivity contribution in [1.82, 2.24) is 19.5 Å². The molecule has 9 heteroatoms. The van der Waals surface area contributed by atoms with Gasteiger partial charge in [0.1, 0.15) is 18.3 Å². The molecule has 0 N–H and O–H groups in total. The highest BCUT2D eigenvalue weighted by molar-refractivity contribution is 8.00. The predicted molar refractivity (Wildman–Crippen MR) is 172 cm³/mol. The normalized spacial score (nSPS) is 12.3. The van der Waals surface area contributed by atoms with Crippen molar-refractivity contribution in [1.29, 1.82) is 0 Å². The van der Waals surface area contributed by atoms with Crippen LogP contribution in [0.25, 0.3) is 22.3 Å². The number of hydrogen-bond donors (Lipinski definition) is 0. The van der Waals surface area contributed by atoms with Gasteiger partial charge in [0, 0.05) is 45.0 Å². The second kappa shape index (κ2) is 13.2. The molecule has 0 aliphatic rings. The highest BCUT2D eigenvalue weighted by Gasteiger charge is 2.32. The first-order chi connectivity index (χ1) is 21.0. The fraction of sp³-hybridized carbons (Fsp3) is 0.314. The number of esters is 1. The molecule has 0 fully saturated rings. The van der Waals surface area contributed by atoms with Gasteiger partial charge in [-0.1, -0.05) is 45.0 Å². The van der Waals surface area contributed by atoms with E-state index in [2.05, 4.69) is 46.4 Å². The topological polar surface area (TPSA) is 79.1 Å². The van der Waals surface area contributed by atoms with E-state index >= 15 is 0 Å². The molecule has 0 spiro atoms. The van der Waals surface area contributed by atoms with Gasteiger partial charge in [0.05, 0.1) is 24.7 Å². The zero-order valence-electron chi connectivity index (χ0n) is 25.9. The average molecular weight is 613 g/mol. The van der Waals surface area contributed by atoms with Crippen LogP contribution in [-0.4, -0.2) is 36.8 Å². The summed E-state index contributed by atoms with van der Waals surface area (Å²) in [6, 6.07) is 17.7. The van der Waals surface area contributed by atoms with Gasteiger partial charge in [0.2, 0.25) is 0 Å². The third-order valence-corrected chi connectivity index (χ3v) is 8.33. The molecule has 1 unspecified atom stereocenters. The number of aryl methyl sites for hydroxylation is 2. The van der Waals surface area contributed by atoms with E-state index in [9.17, 15) is 9.18 Å². The average Bonchev–Trinajstić information content (AvgIpc) is 3.25. The number of halogens is 1. The summed E-state index contributed by atoms with van der Waals surface area (Å²) in [6.45, 7) is 10.9. The number of ether oxygens (including phenoxy) is 2. The van der Waals surface area contributed by atoms with Gasteiger partial charge in [0.15, 0.2) is 11.6 Å². The Kier molecular flexibility index (Phi) is 9.34. The van der Waals surface area contributed by atoms with Crippen molar-refractivity contribution >= 4 is 28.6 Å². The number of carbonyl (C=O) groups is 1. The second-order valence-corrected chi connectivity index (χ2v) is 13.6. The maximum Gasteiger partial charge on any atom is 0.315 e. The summed E-state index contributed by atoms with van der Waals surface area (Å²) in [4.78, 5) is 27.4. The van der Waals surface area contributed by atoms with E-state index in [1.54, 1.807) is 11.8 Å². The van der Waals surface area contributed by atoms with Crippen LogP contribution in [0.5, 0.6) is 5.75 Å². The Labute approximate surface area is 261 Å². The maximum absolute atomic E-state index is 13.7. The van der Waals surface area contributed by atoms with Crippen molar-refractivity contribution in [3.8, 4) is 17.1 Å². The van der Waals surface area contributed by atoms with Gasteiger partial charge in [-0.25, -0.2) is 14.4 Å². The smallest absolute Gasteiger partial charge is 0.315 e. The van der Waals surface area contributed by atoms with Crippen LogP contribution in [0.15, 0.2) is 78.1 Å². The van der Waals surface area contributed by atoms with Crippen LogP contribution in [0.3, 0.4) is 0 Å². The van der Waals surface area contributed by atoms with Crippen molar-refractivity contribution in [3.63, 3.8) is 0 Å². The van der Waals surface area contributed by atoms with E-state index in [0.29, 0.717) is 18.9 Å². The highest BCUT2D eigenvalue weighted by Crippen LogP contribution is 2.45. The minimum absolute atomic E-state index is 0.134. The minimum atomic E-state index is -0.581. The zero-order chi connectivity index (χ0) is 31.4. The van der Waals surface area contributed by atoms with Crippen molar-refractivity contribution in [3.05, 3.63) is 102 Å². The molecule has 2 aromatic carbocycles. The fourth-order valence-corrected chi connectivity index (χ4v) is 6.38. The van der Waals surface area contributed by atoms with Crippen LogP contribution in [0.2, 0.25) is 0 Å². The first-order valence-electron chi connectivity index (χ1n) is 14.6. The summed E-state index contributed by atoms with van der Waals surface area (Å²) in [6.07, 6.45) is 4.54. The van der Waals surface area contributed by atoms with E-state index in [-0.39, 0.29) is 17.3 Å². The van der Waals surface area contributed by atoms with Gasteiger partial charge in [-0.2, -0.15) is 0 Å². The van der Waals surface area contributed by atoms with Gasteiger partial charge in [-0.05, 0) is 61.7 Å². The lowest BCUT2D eigenvalue weighted by Gasteiger charge is -2.23. The lowest BCUT2D eigenvalue weighted by molar-refractivity contribution is -0.145. The predicted octanol–water partition coefficient (Wildman–Crippen LogP) is 7.84. The first-order valence-corrected chi connectivity index (χ1v) is 15.4. The number of pyridine rings is 1. The Morgan fingerprint density at radius 1 is 1.02 bits per heavy atom. The Bertz CT molecular complexity index is 1760. The number of carbonyl (C=O) groups excluding carboxylic acids is 1. The molecular weight excluding hydrogens is 575 g/mol. The second-order valence-electron chi connectivity index (χ2n) is 11.7. The standard InChI is InChI=1S/C35H37FN4O3S/c1-7-42-34(41)29(16-23-9-8-10-24(15-23)33-38-19-25(36)20-39-33)31-32(44-35(3,4)5)28-17-27(13-14-30(28)40(31)6)43-21-26-12-11-22(2)18-37-26/h8-15,17-20,29H,7,16,21H2,1-6H3. The van der Waals surface area contributed by atoms with Crippen LogP contribution in [0, 0.1) is 12.7 Å². The highest BCUT2D eigenvalue weighted by atomic mass is 32.2. The van der Waals surface area contributed by atoms with E-state index in [1.807, 2.05) is 75.6 Å². The molecule has 5 aromatic rings. The molecular formula is C35H37FN4O3S. The molecule has 0 saturated carbocycles. The summed E-state index contributed by atoms with van der Waals surface area (Å²) >= 11 is 1.73. The van der Waals surface area contributed by atoms with Crippen molar-refractivity contribution < 1.29 is 18.7 Å². The molecule has 3 heterocycles. The summed E-state index contributed by atoms with van der Waals surface area (Å²) < 4.78 is 27.2. The van der Waals surface area contributed by atoms with E-state index in [0.717, 1.165) is 62.0 Å². The third kappa shape index (κ3) is 7.27. The maximum atomic E-state index is 13.7. The van der Waals surface area contributed by atoms with Gasteiger partial charge in [-0.3, -0.25) is 9.78 Å². The summed E-state index contributed by atoms with van der Waals surface area (Å²) in [7, 11) is 2.00. The molecule has 0 bridgehead atoms. The lowest BCUT2D eigenvalue weighted by Crippen LogP contribution is -2.22. The number of aromatic nitrogens is 4. The quantitative estimate of drug-likeness (QED) is 0.117. The van der Waals surface area contributed by atoms with Gasteiger partial charge < -0.3 is 14.0 Å². The first kappa shape index (κ1) is 31.2. The van der Waals surface area contributed by atoms with Gasteiger partial charge in [0.25, 0.3) is 0 Å². The molecule has 0 saturated heterocycles. The third-order valence-electron chi connectivity index (χ3n) is 7.08. The van der Waals surface area contributed by atoms with Crippen molar-refractivity contribution in [2.24, 2.45) is 7.05 Å². The zero-order valence-corrected chi connectivity index (χ0v) is 26.7. The molecule has 1 atom stereocenters. The SMILES string of the molecule is CCOC(=O)C(Cc1cccc(-c2ncc(F)cn2)c1)c1c(SC(C)(C)C)c2cc(OCc3ccc(C)cn3)ccc2n1C. The lowest BCUT2D eigenvalue weighted by atomic mass is 9.94. The van der Waals surface area contributed by atoms with Crippen LogP contribution < -0.4 is 4.74 Å². The fourth-order valence-electron chi connectivity index (χ4n) is 5.11. The monoisotopic (exact) mass is 612 g/mol. The number of nitrogens with zero attached hydrogens (tertiary/aromatic N) is 4. The van der Waals surface area contributed by atoms with Crippen LogP contribution >= 0.6 is 11.8 Å². The molecule has 228 valence electrons. The number of rotatable bonds is 10. The summed E-state index contributed by atoms with van der Waals surface area (Å²) in [5, 5.41) is 1.01. The minimum Gasteiger partial charge on any atom is -0.487 e. The molecule has 0 aliphatic carbocycles. The van der Waals surface area contributed by atoms with Gasteiger partial charge in [-0.15, -0.1) is 11.8 Å². The van der Waals surface area contributed by atoms with Crippen molar-refractivity contribution in [2.45, 2.75) is 63.2 Å². The molecule has 7 nitrogen and oxygen atoms in total. The van der Waals surface area contributed by atoms with Crippen LogP contribution in [0.1, 0.15) is 56.1 Å². The molecule has 0 aliphatic heterocycles. The van der Waals surface area contributed by atoms with E-state index in [1.165, 1.54) is 0 Å². The Hall–Kier alpha value is -4.24. The Balaban J connectivity index is 1.56. The number of thioether (sulfide) groups is 1. The number of hydrogen-bond acceptors (Lipinski definition) is 7. The summed E-state index contributed by atoms with van der Waals surface area (Å²) in [5.41, 5.74) is 5.50. The molecule has 0 radical (unpaired) electrons. The van der Waals surface area contributed by atoms with Crippen LogP contribution in [0.4, 0.5) is 4.39 Å². The van der Waals surface area contributed by atoms with E-state index < -0.39 is 11.7 Å². The van der Waals surface area contributed by atoms with E-state index in [4.69, 9.17) is 9.47 Å². The molecule has 3 aromatic heterocycles. The molecule has 44 heavy (non-hydrogen) atoms. The van der Waals surface area contributed by atoms with Crippen LogP contribution in [-0.2, 0) is 29.6 Å². The van der Waals surface area contributed by atoms with Gasteiger partial charge >= 0.3 is 5.97 Å². The number of fused-ring (bicyclic) bond motifs is 1. The van der Waals surface area contributed by atoms with Crippen molar-refractivity contribution in [2.75, 3.05) is 6.61 Å². The summed E-state index contributed by atoms with van der Waals surface area (Å²) in [5.74, 6) is -0.218.